The number of carbonyl (C=O) groups excluding carboxylic acids is 1. The fourth-order valence-electron chi connectivity index (χ4n) is 1.69. The van der Waals surface area contributed by atoms with E-state index in [0.29, 0.717) is 6.54 Å². The highest BCUT2D eigenvalue weighted by atomic mass is 32.1. The fraction of sp³-hybridized carbons (Fsp3) is 0.231. The zero-order chi connectivity index (χ0) is 14.7. The Morgan fingerprint density at radius 2 is 2.15 bits per heavy atom. The number of amides is 1. The van der Waals surface area contributed by atoms with Gasteiger partial charge in [0.2, 0.25) is 0 Å². The van der Waals surface area contributed by atoms with Gasteiger partial charge < -0.3 is 10.0 Å². The molecule has 0 spiro atoms. The van der Waals surface area contributed by atoms with Crippen LogP contribution in [0.2, 0.25) is 0 Å². The molecule has 0 bridgehead atoms. The zero-order valence-corrected chi connectivity index (χ0v) is 11.8. The Kier molecular flexibility index (Phi) is 4.09. The summed E-state index contributed by atoms with van der Waals surface area (Å²) in [5.41, 5.74) is 2.44. The van der Waals surface area contributed by atoms with E-state index in [4.69, 9.17) is 5.11 Å². The van der Waals surface area contributed by atoms with Crippen molar-refractivity contribution in [3.63, 3.8) is 0 Å². The van der Waals surface area contributed by atoms with Gasteiger partial charge in [0.15, 0.2) is 0 Å². The molecule has 0 atom stereocenters. The van der Waals surface area contributed by atoms with Gasteiger partial charge in [-0.1, -0.05) is 0 Å². The number of rotatable bonds is 4. The van der Waals surface area contributed by atoms with E-state index in [2.05, 4.69) is 9.97 Å². The summed E-state index contributed by atoms with van der Waals surface area (Å²) in [4.78, 5) is 33.8. The molecule has 104 valence electrons. The third kappa shape index (κ3) is 2.83. The molecule has 0 fully saturated rings. The third-order valence-electron chi connectivity index (χ3n) is 2.81. The van der Waals surface area contributed by atoms with Gasteiger partial charge in [-0.05, 0) is 19.1 Å². The van der Waals surface area contributed by atoms with Crippen LogP contribution in [0.3, 0.4) is 0 Å². The first-order chi connectivity index (χ1) is 9.50. The van der Waals surface area contributed by atoms with E-state index >= 15 is 0 Å². The Labute approximate surface area is 119 Å². The van der Waals surface area contributed by atoms with Gasteiger partial charge >= 0.3 is 5.97 Å². The van der Waals surface area contributed by atoms with E-state index < -0.39 is 11.9 Å². The molecule has 2 rings (SSSR count). The highest BCUT2D eigenvalue weighted by Gasteiger charge is 2.21. The van der Waals surface area contributed by atoms with E-state index in [1.807, 2.05) is 6.92 Å². The van der Waals surface area contributed by atoms with Crippen LogP contribution in [0, 0.1) is 6.92 Å². The molecule has 0 aliphatic carbocycles. The number of carboxylic acid groups (broad SMARTS) is 1. The lowest BCUT2D eigenvalue weighted by Gasteiger charge is -2.16. The van der Waals surface area contributed by atoms with Crippen molar-refractivity contribution >= 4 is 23.2 Å². The van der Waals surface area contributed by atoms with Gasteiger partial charge in [-0.25, -0.2) is 9.78 Å². The molecule has 0 aromatic carbocycles. The Balaban J connectivity index is 2.23. The second-order valence-electron chi connectivity index (χ2n) is 4.23. The lowest BCUT2D eigenvalue weighted by molar-refractivity contribution is 0.0678. The van der Waals surface area contributed by atoms with Crippen molar-refractivity contribution in [2.24, 2.45) is 0 Å². The lowest BCUT2D eigenvalue weighted by Crippen LogP contribution is -2.28. The Morgan fingerprint density at radius 3 is 2.75 bits per heavy atom. The maximum Gasteiger partial charge on any atom is 0.338 e. The molecule has 0 radical (unpaired) electrons. The van der Waals surface area contributed by atoms with E-state index in [0.717, 1.165) is 10.6 Å². The number of carbonyl (C=O) groups is 2. The number of carboxylic acids is 1. The van der Waals surface area contributed by atoms with Gasteiger partial charge in [0, 0.05) is 18.1 Å². The molecular weight excluding hydrogens is 278 g/mol. The SMILES string of the molecule is Cc1ncsc1CN(C)C(=O)c1ncccc1C(=O)O. The number of hydrogen-bond donors (Lipinski definition) is 1. The van der Waals surface area contributed by atoms with E-state index in [9.17, 15) is 9.59 Å². The second-order valence-corrected chi connectivity index (χ2v) is 5.17. The van der Waals surface area contributed by atoms with Crippen molar-refractivity contribution in [2.75, 3.05) is 7.05 Å². The first kappa shape index (κ1) is 14.1. The summed E-state index contributed by atoms with van der Waals surface area (Å²) in [5, 5.41) is 9.08. The van der Waals surface area contributed by atoms with Crippen LogP contribution in [0.5, 0.6) is 0 Å². The van der Waals surface area contributed by atoms with Crippen molar-refractivity contribution in [3.8, 4) is 0 Å². The van der Waals surface area contributed by atoms with Crippen LogP contribution in [-0.2, 0) is 6.54 Å². The van der Waals surface area contributed by atoms with Crippen molar-refractivity contribution in [1.82, 2.24) is 14.9 Å². The summed E-state index contributed by atoms with van der Waals surface area (Å²) in [6.07, 6.45) is 1.41. The lowest BCUT2D eigenvalue weighted by atomic mass is 10.1. The van der Waals surface area contributed by atoms with Crippen LogP contribution < -0.4 is 0 Å². The molecule has 2 aromatic heterocycles. The predicted molar refractivity (Wildman–Crippen MR) is 73.8 cm³/mol. The molecule has 2 aromatic rings. The van der Waals surface area contributed by atoms with Gasteiger partial charge in [-0.3, -0.25) is 9.78 Å². The number of aromatic nitrogens is 2. The average Bonchev–Trinajstić information content (AvgIpc) is 2.83. The Bertz CT molecular complexity index is 654. The highest BCUT2D eigenvalue weighted by molar-refractivity contribution is 7.09. The smallest absolute Gasteiger partial charge is 0.338 e. The summed E-state index contributed by atoms with van der Waals surface area (Å²) >= 11 is 1.46. The summed E-state index contributed by atoms with van der Waals surface area (Å²) in [7, 11) is 1.61. The van der Waals surface area contributed by atoms with Gasteiger partial charge in [0.25, 0.3) is 5.91 Å². The maximum atomic E-state index is 12.3. The molecule has 6 nitrogen and oxygen atoms in total. The van der Waals surface area contributed by atoms with E-state index in [1.165, 1.54) is 34.6 Å². The van der Waals surface area contributed by atoms with Gasteiger partial charge in [0.1, 0.15) is 5.69 Å². The molecular formula is C13H13N3O3S. The molecule has 7 heteroatoms. The van der Waals surface area contributed by atoms with Crippen LogP contribution in [0.15, 0.2) is 23.8 Å². The van der Waals surface area contributed by atoms with Crippen molar-refractivity contribution in [3.05, 3.63) is 45.7 Å². The summed E-state index contributed by atoms with van der Waals surface area (Å²) < 4.78 is 0. The predicted octanol–water partition coefficient (Wildman–Crippen LogP) is 1.82. The number of thiazole rings is 1. The third-order valence-corrected chi connectivity index (χ3v) is 3.73. The van der Waals surface area contributed by atoms with Gasteiger partial charge in [0.05, 0.1) is 23.3 Å². The van der Waals surface area contributed by atoms with Crippen LogP contribution in [0.25, 0.3) is 0 Å². The molecule has 1 N–H and O–H groups in total. The average molecular weight is 291 g/mol. The minimum Gasteiger partial charge on any atom is -0.478 e. The topological polar surface area (TPSA) is 83.4 Å². The van der Waals surface area contributed by atoms with Gasteiger partial charge in [-0.2, -0.15) is 0 Å². The van der Waals surface area contributed by atoms with Crippen LogP contribution in [-0.4, -0.2) is 38.9 Å². The summed E-state index contributed by atoms with van der Waals surface area (Å²) in [6, 6.07) is 2.86. The summed E-state index contributed by atoms with van der Waals surface area (Å²) in [5.74, 6) is -1.58. The number of aryl methyl sites for hydroxylation is 1. The number of hydrogen-bond acceptors (Lipinski definition) is 5. The molecule has 0 saturated heterocycles. The van der Waals surface area contributed by atoms with Crippen LogP contribution in [0.4, 0.5) is 0 Å². The minimum atomic E-state index is -1.16. The summed E-state index contributed by atoms with van der Waals surface area (Å²) in [6.45, 7) is 2.25. The van der Waals surface area contributed by atoms with Crippen molar-refractivity contribution in [1.29, 1.82) is 0 Å². The number of pyridine rings is 1. The molecule has 0 unspecified atom stereocenters. The molecule has 0 saturated carbocycles. The molecule has 0 aliphatic rings. The normalized spacial score (nSPS) is 10.3. The number of aromatic carboxylic acids is 1. The van der Waals surface area contributed by atoms with Crippen molar-refractivity contribution < 1.29 is 14.7 Å². The number of nitrogens with zero attached hydrogens (tertiary/aromatic N) is 3. The first-order valence-electron chi connectivity index (χ1n) is 5.83. The molecule has 20 heavy (non-hydrogen) atoms. The first-order valence-corrected chi connectivity index (χ1v) is 6.71. The van der Waals surface area contributed by atoms with Crippen molar-refractivity contribution in [2.45, 2.75) is 13.5 Å². The van der Waals surface area contributed by atoms with Crippen LogP contribution in [0.1, 0.15) is 31.4 Å². The molecule has 1 amide bonds. The van der Waals surface area contributed by atoms with Gasteiger partial charge in [-0.15, -0.1) is 11.3 Å². The maximum absolute atomic E-state index is 12.3. The Hall–Kier alpha value is -2.28. The second kappa shape index (κ2) is 5.79. The largest absolute Gasteiger partial charge is 0.478 e. The fourth-order valence-corrected chi connectivity index (χ4v) is 2.52. The standard InChI is InChI=1S/C13H13N3O3S/c1-8-10(20-7-15-8)6-16(2)12(17)11-9(13(18)19)4-3-5-14-11/h3-5,7H,6H2,1-2H3,(H,18,19). The quantitative estimate of drug-likeness (QED) is 0.929. The molecule has 0 aliphatic heterocycles. The zero-order valence-electron chi connectivity index (χ0n) is 11.0. The highest BCUT2D eigenvalue weighted by Crippen LogP contribution is 2.16. The van der Waals surface area contributed by atoms with Crippen LogP contribution >= 0.6 is 11.3 Å². The Morgan fingerprint density at radius 1 is 1.40 bits per heavy atom. The minimum absolute atomic E-state index is 0.0512. The van der Waals surface area contributed by atoms with E-state index in [1.54, 1.807) is 12.6 Å². The van der Waals surface area contributed by atoms with E-state index in [-0.39, 0.29) is 11.3 Å². The molecule has 2 heterocycles. The monoisotopic (exact) mass is 291 g/mol.